The van der Waals surface area contributed by atoms with Gasteiger partial charge in [0, 0.05) is 38.1 Å². The topological polar surface area (TPSA) is 68.5 Å². The van der Waals surface area contributed by atoms with Crippen molar-refractivity contribution in [3.8, 4) is 0 Å². The zero-order valence-electron chi connectivity index (χ0n) is 13.1. The second-order valence-corrected chi connectivity index (χ2v) is 6.05. The third-order valence-corrected chi connectivity index (χ3v) is 4.01. The molecule has 1 amide bonds. The number of piperidine rings is 1. The molecule has 116 valence electrons. The second-order valence-electron chi connectivity index (χ2n) is 6.05. The molecular formula is C16H25N3O2. The van der Waals surface area contributed by atoms with Crippen LogP contribution in [0.3, 0.4) is 0 Å². The lowest BCUT2D eigenvalue weighted by Gasteiger charge is -2.31. The predicted octanol–water partition coefficient (Wildman–Crippen LogP) is 2.29. The van der Waals surface area contributed by atoms with E-state index in [2.05, 4.69) is 4.98 Å². The molecule has 0 atom stereocenters. The van der Waals surface area contributed by atoms with Crippen LogP contribution in [-0.4, -0.2) is 42.6 Å². The lowest BCUT2D eigenvalue weighted by molar-refractivity contribution is 0.0613. The maximum Gasteiger partial charge on any atom is 0.254 e. The normalized spacial score (nSPS) is 16.5. The minimum absolute atomic E-state index is 0.0573. The molecule has 2 heterocycles. The average Bonchev–Trinajstić information content (AvgIpc) is 2.47. The Morgan fingerprint density at radius 3 is 2.67 bits per heavy atom. The average molecular weight is 291 g/mol. The van der Waals surface area contributed by atoms with Crippen LogP contribution in [0, 0.1) is 5.92 Å². The van der Waals surface area contributed by atoms with Crippen LogP contribution in [0.15, 0.2) is 12.1 Å². The maximum atomic E-state index is 12.6. The molecule has 0 spiro atoms. The van der Waals surface area contributed by atoms with E-state index in [9.17, 15) is 4.79 Å². The van der Waals surface area contributed by atoms with Crippen LogP contribution in [0.2, 0.25) is 0 Å². The standard InChI is InChI=1S/C16H25N3O2/c1-11(2)14-8-13(9-15(17)18-14)16(20)19-6-4-12(5-7-19)10-21-3/h8-9,11-12H,4-7,10H2,1-3H3,(H2,17,18). The van der Waals surface area contributed by atoms with E-state index >= 15 is 0 Å². The Hall–Kier alpha value is -1.62. The fourth-order valence-electron chi connectivity index (χ4n) is 2.71. The molecular weight excluding hydrogens is 266 g/mol. The first kappa shape index (κ1) is 15.8. The van der Waals surface area contributed by atoms with Gasteiger partial charge < -0.3 is 15.4 Å². The summed E-state index contributed by atoms with van der Waals surface area (Å²) in [5, 5.41) is 0. The molecule has 0 radical (unpaired) electrons. The quantitative estimate of drug-likeness (QED) is 0.924. The van der Waals surface area contributed by atoms with Crippen molar-refractivity contribution in [1.82, 2.24) is 9.88 Å². The van der Waals surface area contributed by atoms with Gasteiger partial charge in [-0.15, -0.1) is 0 Å². The highest BCUT2D eigenvalue weighted by Crippen LogP contribution is 2.21. The number of hydrogen-bond acceptors (Lipinski definition) is 4. The van der Waals surface area contributed by atoms with Gasteiger partial charge in [0.15, 0.2) is 0 Å². The highest BCUT2D eigenvalue weighted by atomic mass is 16.5. The van der Waals surface area contributed by atoms with E-state index in [4.69, 9.17) is 10.5 Å². The molecule has 1 aromatic rings. The number of likely N-dealkylation sites (tertiary alicyclic amines) is 1. The van der Waals surface area contributed by atoms with E-state index in [1.54, 1.807) is 13.2 Å². The smallest absolute Gasteiger partial charge is 0.254 e. The fraction of sp³-hybridized carbons (Fsp3) is 0.625. The summed E-state index contributed by atoms with van der Waals surface area (Å²) in [5.74, 6) is 1.29. The third-order valence-electron chi connectivity index (χ3n) is 4.01. The van der Waals surface area contributed by atoms with E-state index in [0.717, 1.165) is 38.2 Å². The number of pyridine rings is 1. The number of nitrogens with zero attached hydrogens (tertiary/aromatic N) is 2. The molecule has 21 heavy (non-hydrogen) atoms. The van der Waals surface area contributed by atoms with E-state index in [0.29, 0.717) is 17.3 Å². The minimum Gasteiger partial charge on any atom is -0.384 e. The number of methoxy groups -OCH3 is 1. The monoisotopic (exact) mass is 291 g/mol. The lowest BCUT2D eigenvalue weighted by atomic mass is 9.97. The van der Waals surface area contributed by atoms with Crippen LogP contribution in [0.25, 0.3) is 0 Å². The molecule has 0 aliphatic carbocycles. The van der Waals surface area contributed by atoms with Crippen molar-refractivity contribution >= 4 is 11.7 Å². The van der Waals surface area contributed by atoms with Crippen molar-refractivity contribution < 1.29 is 9.53 Å². The van der Waals surface area contributed by atoms with Gasteiger partial charge in [-0.05, 0) is 36.8 Å². The number of amides is 1. The first-order valence-corrected chi connectivity index (χ1v) is 7.57. The molecule has 0 bridgehead atoms. The second kappa shape index (κ2) is 6.89. The minimum atomic E-state index is 0.0573. The Morgan fingerprint density at radius 2 is 2.10 bits per heavy atom. The van der Waals surface area contributed by atoms with Gasteiger partial charge in [-0.25, -0.2) is 4.98 Å². The van der Waals surface area contributed by atoms with E-state index < -0.39 is 0 Å². The first-order chi connectivity index (χ1) is 10.0. The van der Waals surface area contributed by atoms with Crippen molar-refractivity contribution in [2.24, 2.45) is 5.92 Å². The summed E-state index contributed by atoms with van der Waals surface area (Å²) < 4.78 is 5.19. The Balaban J connectivity index is 2.07. The molecule has 0 aromatic carbocycles. The number of hydrogen-bond donors (Lipinski definition) is 1. The fourth-order valence-corrected chi connectivity index (χ4v) is 2.71. The van der Waals surface area contributed by atoms with Crippen molar-refractivity contribution in [2.45, 2.75) is 32.6 Å². The van der Waals surface area contributed by atoms with E-state index in [1.807, 2.05) is 24.8 Å². The van der Waals surface area contributed by atoms with Gasteiger partial charge >= 0.3 is 0 Å². The molecule has 1 fully saturated rings. The molecule has 1 aliphatic rings. The number of carbonyl (C=O) groups is 1. The first-order valence-electron chi connectivity index (χ1n) is 7.57. The van der Waals surface area contributed by atoms with Crippen LogP contribution in [0.1, 0.15) is 48.7 Å². The largest absolute Gasteiger partial charge is 0.384 e. The molecule has 2 N–H and O–H groups in total. The zero-order chi connectivity index (χ0) is 15.4. The summed E-state index contributed by atoms with van der Waals surface area (Å²) in [4.78, 5) is 18.8. The molecule has 1 aliphatic heterocycles. The molecule has 0 unspecified atom stereocenters. The van der Waals surface area contributed by atoms with Crippen LogP contribution in [0.5, 0.6) is 0 Å². The molecule has 2 rings (SSSR count). The molecule has 1 aromatic heterocycles. The Morgan fingerprint density at radius 1 is 1.43 bits per heavy atom. The van der Waals surface area contributed by atoms with Gasteiger partial charge in [0.2, 0.25) is 0 Å². The van der Waals surface area contributed by atoms with Gasteiger partial charge in [0.25, 0.3) is 5.91 Å². The Kier molecular flexibility index (Phi) is 5.17. The highest BCUT2D eigenvalue weighted by Gasteiger charge is 2.24. The predicted molar refractivity (Wildman–Crippen MR) is 83.2 cm³/mol. The van der Waals surface area contributed by atoms with Gasteiger partial charge in [0.1, 0.15) is 5.82 Å². The van der Waals surface area contributed by atoms with Crippen molar-refractivity contribution in [1.29, 1.82) is 0 Å². The number of ether oxygens (including phenoxy) is 1. The van der Waals surface area contributed by atoms with Crippen LogP contribution in [0.4, 0.5) is 5.82 Å². The number of nitrogen functional groups attached to an aromatic ring is 1. The van der Waals surface area contributed by atoms with E-state index in [1.165, 1.54) is 0 Å². The lowest BCUT2D eigenvalue weighted by Crippen LogP contribution is -2.39. The SMILES string of the molecule is COCC1CCN(C(=O)c2cc(N)nc(C(C)C)c2)CC1. The van der Waals surface area contributed by atoms with Crippen LogP contribution in [-0.2, 0) is 4.74 Å². The summed E-state index contributed by atoms with van der Waals surface area (Å²) in [6.07, 6.45) is 1.99. The van der Waals surface area contributed by atoms with Gasteiger partial charge in [0.05, 0.1) is 0 Å². The molecule has 5 nitrogen and oxygen atoms in total. The van der Waals surface area contributed by atoms with Gasteiger partial charge in [-0.2, -0.15) is 0 Å². The van der Waals surface area contributed by atoms with Gasteiger partial charge in [-0.3, -0.25) is 4.79 Å². The highest BCUT2D eigenvalue weighted by molar-refractivity contribution is 5.95. The van der Waals surface area contributed by atoms with Crippen LogP contribution < -0.4 is 5.73 Å². The summed E-state index contributed by atoms with van der Waals surface area (Å²) in [7, 11) is 1.73. The molecule has 5 heteroatoms. The number of aromatic nitrogens is 1. The Bertz CT molecular complexity index is 494. The summed E-state index contributed by atoms with van der Waals surface area (Å²) in [6.45, 7) is 6.44. The number of rotatable bonds is 4. The molecule has 1 saturated heterocycles. The summed E-state index contributed by atoms with van der Waals surface area (Å²) >= 11 is 0. The number of carbonyl (C=O) groups excluding carboxylic acids is 1. The van der Waals surface area contributed by atoms with Crippen LogP contribution >= 0.6 is 0 Å². The van der Waals surface area contributed by atoms with Crippen molar-refractivity contribution in [2.75, 3.05) is 32.5 Å². The number of nitrogens with two attached hydrogens (primary N) is 1. The van der Waals surface area contributed by atoms with Crippen molar-refractivity contribution in [3.63, 3.8) is 0 Å². The summed E-state index contributed by atoms with van der Waals surface area (Å²) in [5.41, 5.74) is 7.35. The van der Waals surface area contributed by atoms with Crippen molar-refractivity contribution in [3.05, 3.63) is 23.4 Å². The number of anilines is 1. The van der Waals surface area contributed by atoms with Gasteiger partial charge in [-0.1, -0.05) is 13.8 Å². The zero-order valence-corrected chi connectivity index (χ0v) is 13.1. The maximum absolute atomic E-state index is 12.6. The Labute approximate surface area is 126 Å². The molecule has 0 saturated carbocycles. The van der Waals surface area contributed by atoms with E-state index in [-0.39, 0.29) is 11.8 Å². The third kappa shape index (κ3) is 3.94. The summed E-state index contributed by atoms with van der Waals surface area (Å²) in [6, 6.07) is 3.54.